The molecule has 2 atom stereocenters. The summed E-state index contributed by atoms with van der Waals surface area (Å²) in [7, 11) is 0. The Labute approximate surface area is 109 Å². The van der Waals surface area contributed by atoms with E-state index in [1.165, 1.54) is 18.2 Å². The third-order valence-corrected chi connectivity index (χ3v) is 3.30. The zero-order valence-electron chi connectivity index (χ0n) is 10.1. The average Bonchev–Trinajstić information content (AvgIpc) is 2.40. The largest absolute Gasteiger partial charge is 0.508 e. The van der Waals surface area contributed by atoms with Crippen molar-refractivity contribution >= 4 is 0 Å². The first-order valence-corrected chi connectivity index (χ1v) is 6.06. The first-order valence-electron chi connectivity index (χ1n) is 6.06. The molecule has 0 bridgehead atoms. The van der Waals surface area contributed by atoms with Crippen LogP contribution in [0.15, 0.2) is 42.5 Å². The highest BCUT2D eigenvalue weighted by Crippen LogP contribution is 2.41. The zero-order valence-corrected chi connectivity index (χ0v) is 10.1. The lowest BCUT2D eigenvalue weighted by molar-refractivity contribution is 0.0653. The van der Waals surface area contributed by atoms with Gasteiger partial charge in [-0.3, -0.25) is 0 Å². The van der Waals surface area contributed by atoms with Crippen molar-refractivity contribution in [3.63, 3.8) is 0 Å². The predicted octanol–water partition coefficient (Wildman–Crippen LogP) is 3.09. The molecule has 3 rings (SSSR count). The van der Waals surface area contributed by atoms with Gasteiger partial charge in [0.2, 0.25) is 0 Å². The van der Waals surface area contributed by atoms with Gasteiger partial charge in [0.05, 0.1) is 6.10 Å². The van der Waals surface area contributed by atoms with Crippen molar-refractivity contribution < 1.29 is 19.3 Å². The van der Waals surface area contributed by atoms with Crippen LogP contribution in [-0.4, -0.2) is 10.2 Å². The fraction of sp³-hybridized carbons (Fsp3) is 0.200. The van der Waals surface area contributed by atoms with E-state index in [4.69, 9.17) is 4.74 Å². The van der Waals surface area contributed by atoms with E-state index in [-0.39, 0.29) is 17.7 Å². The number of aromatic hydroxyl groups is 1. The second kappa shape index (κ2) is 4.55. The fourth-order valence-corrected chi connectivity index (χ4v) is 2.31. The van der Waals surface area contributed by atoms with Gasteiger partial charge in [0, 0.05) is 12.0 Å². The second-order valence-electron chi connectivity index (χ2n) is 4.63. The molecule has 2 aromatic carbocycles. The highest BCUT2D eigenvalue weighted by molar-refractivity contribution is 5.39. The lowest BCUT2D eigenvalue weighted by Gasteiger charge is -2.29. The zero-order chi connectivity index (χ0) is 13.4. The van der Waals surface area contributed by atoms with Crippen LogP contribution in [0.5, 0.6) is 11.5 Å². The molecule has 0 aliphatic carbocycles. The van der Waals surface area contributed by atoms with Crippen LogP contribution in [0.25, 0.3) is 0 Å². The molecule has 1 aliphatic heterocycles. The number of hydrogen-bond donors (Lipinski definition) is 2. The summed E-state index contributed by atoms with van der Waals surface area (Å²) in [6.07, 6.45) is -0.687. The predicted molar refractivity (Wildman–Crippen MR) is 67.5 cm³/mol. The van der Waals surface area contributed by atoms with Gasteiger partial charge in [0.25, 0.3) is 0 Å². The number of benzene rings is 2. The lowest BCUT2D eigenvalue weighted by Crippen LogP contribution is -2.19. The normalized spacial score (nSPS) is 21.6. The number of fused-ring (bicyclic) bond motifs is 1. The summed E-state index contributed by atoms with van der Waals surface area (Å²) in [6, 6.07) is 10.8. The van der Waals surface area contributed by atoms with Crippen molar-refractivity contribution in [1.29, 1.82) is 0 Å². The van der Waals surface area contributed by atoms with E-state index in [0.29, 0.717) is 17.7 Å². The second-order valence-corrected chi connectivity index (χ2v) is 4.63. The smallest absolute Gasteiger partial charge is 0.127 e. The maximum Gasteiger partial charge on any atom is 0.127 e. The standard InChI is InChI=1S/C15H13FO3/c16-10-3-6-14-12(7-10)13(18)8-15(19-14)9-1-4-11(17)5-2-9/h1-7,13,15,17-18H,8H2. The molecule has 1 aliphatic rings. The number of halogens is 1. The number of ether oxygens (including phenoxy) is 1. The van der Waals surface area contributed by atoms with Crippen LogP contribution >= 0.6 is 0 Å². The number of phenolic OH excluding ortho intramolecular Hbond substituents is 1. The Morgan fingerprint density at radius 2 is 1.84 bits per heavy atom. The molecule has 98 valence electrons. The molecule has 2 aromatic rings. The highest BCUT2D eigenvalue weighted by Gasteiger charge is 2.28. The van der Waals surface area contributed by atoms with Crippen LogP contribution in [0.1, 0.15) is 29.8 Å². The average molecular weight is 260 g/mol. The molecule has 0 amide bonds. The van der Waals surface area contributed by atoms with Crippen molar-refractivity contribution in [2.24, 2.45) is 0 Å². The summed E-state index contributed by atoms with van der Waals surface area (Å²) in [6.45, 7) is 0. The van der Waals surface area contributed by atoms with E-state index in [1.807, 2.05) is 0 Å². The molecule has 0 fully saturated rings. The molecular weight excluding hydrogens is 247 g/mol. The Morgan fingerprint density at radius 1 is 1.11 bits per heavy atom. The molecule has 0 saturated heterocycles. The van der Waals surface area contributed by atoms with Gasteiger partial charge in [0.1, 0.15) is 23.4 Å². The third kappa shape index (κ3) is 2.27. The molecule has 2 N–H and O–H groups in total. The number of phenols is 1. The van der Waals surface area contributed by atoms with Gasteiger partial charge in [-0.05, 0) is 35.9 Å². The highest BCUT2D eigenvalue weighted by atomic mass is 19.1. The Hall–Kier alpha value is -2.07. The van der Waals surface area contributed by atoms with E-state index < -0.39 is 6.10 Å². The van der Waals surface area contributed by atoms with Gasteiger partial charge in [-0.15, -0.1) is 0 Å². The van der Waals surface area contributed by atoms with E-state index >= 15 is 0 Å². The summed E-state index contributed by atoms with van der Waals surface area (Å²) in [5, 5.41) is 19.3. The van der Waals surface area contributed by atoms with Crippen LogP contribution in [0.2, 0.25) is 0 Å². The molecule has 0 radical (unpaired) electrons. The number of rotatable bonds is 1. The van der Waals surface area contributed by atoms with E-state index in [9.17, 15) is 14.6 Å². The van der Waals surface area contributed by atoms with Gasteiger partial charge >= 0.3 is 0 Å². The Balaban J connectivity index is 1.92. The topological polar surface area (TPSA) is 49.7 Å². The van der Waals surface area contributed by atoms with Gasteiger partial charge in [-0.2, -0.15) is 0 Å². The van der Waals surface area contributed by atoms with Crippen molar-refractivity contribution in [2.75, 3.05) is 0 Å². The molecule has 4 heteroatoms. The first-order chi connectivity index (χ1) is 9.13. The molecule has 2 unspecified atom stereocenters. The van der Waals surface area contributed by atoms with Crippen LogP contribution in [0.4, 0.5) is 4.39 Å². The van der Waals surface area contributed by atoms with Crippen LogP contribution < -0.4 is 4.74 Å². The fourth-order valence-electron chi connectivity index (χ4n) is 2.31. The van der Waals surface area contributed by atoms with Gasteiger partial charge in [0.15, 0.2) is 0 Å². The van der Waals surface area contributed by atoms with Crippen LogP contribution in [0.3, 0.4) is 0 Å². The number of hydrogen-bond acceptors (Lipinski definition) is 3. The molecule has 3 nitrogen and oxygen atoms in total. The minimum Gasteiger partial charge on any atom is -0.508 e. The number of aliphatic hydroxyl groups is 1. The van der Waals surface area contributed by atoms with Crippen molar-refractivity contribution in [3.8, 4) is 11.5 Å². The van der Waals surface area contributed by atoms with Crippen molar-refractivity contribution in [3.05, 3.63) is 59.4 Å². The Bertz CT molecular complexity index is 595. The summed E-state index contributed by atoms with van der Waals surface area (Å²) in [5.41, 5.74) is 1.35. The van der Waals surface area contributed by atoms with Crippen LogP contribution in [-0.2, 0) is 0 Å². The first kappa shape index (κ1) is 12.0. The third-order valence-electron chi connectivity index (χ3n) is 3.30. The molecule has 1 heterocycles. The molecular formula is C15H13FO3. The maximum atomic E-state index is 13.1. The SMILES string of the molecule is Oc1ccc(C2CC(O)c3cc(F)ccc3O2)cc1. The quantitative estimate of drug-likeness (QED) is 0.828. The van der Waals surface area contributed by atoms with Crippen LogP contribution in [0, 0.1) is 5.82 Å². The monoisotopic (exact) mass is 260 g/mol. The van der Waals surface area contributed by atoms with Gasteiger partial charge in [-0.1, -0.05) is 12.1 Å². The number of aliphatic hydroxyl groups excluding tert-OH is 1. The van der Waals surface area contributed by atoms with Gasteiger partial charge < -0.3 is 14.9 Å². The summed E-state index contributed by atoms with van der Waals surface area (Å²) < 4.78 is 18.9. The molecule has 0 saturated carbocycles. The summed E-state index contributed by atoms with van der Waals surface area (Å²) >= 11 is 0. The summed E-state index contributed by atoms with van der Waals surface area (Å²) in [4.78, 5) is 0. The van der Waals surface area contributed by atoms with E-state index in [0.717, 1.165) is 5.56 Å². The van der Waals surface area contributed by atoms with Crippen molar-refractivity contribution in [1.82, 2.24) is 0 Å². The minimum atomic E-state index is -0.752. The molecule has 0 spiro atoms. The Kier molecular flexibility index (Phi) is 2.87. The molecule has 19 heavy (non-hydrogen) atoms. The molecule has 0 aromatic heterocycles. The minimum absolute atomic E-state index is 0.183. The maximum absolute atomic E-state index is 13.1. The van der Waals surface area contributed by atoms with Gasteiger partial charge in [-0.25, -0.2) is 4.39 Å². The summed E-state index contributed by atoms with van der Waals surface area (Å²) in [5.74, 6) is 0.297. The van der Waals surface area contributed by atoms with Crippen molar-refractivity contribution in [2.45, 2.75) is 18.6 Å². The lowest BCUT2D eigenvalue weighted by atomic mass is 9.95. The van der Waals surface area contributed by atoms with E-state index in [2.05, 4.69) is 0 Å². The van der Waals surface area contributed by atoms with E-state index in [1.54, 1.807) is 24.3 Å². The Morgan fingerprint density at radius 3 is 2.58 bits per heavy atom.